The minimum atomic E-state index is 0.224. The summed E-state index contributed by atoms with van der Waals surface area (Å²) in [6.07, 6.45) is 4.96. The van der Waals surface area contributed by atoms with E-state index >= 15 is 0 Å². The number of hydrogen-bond acceptors (Lipinski definition) is 4. The van der Waals surface area contributed by atoms with Gasteiger partial charge in [-0.1, -0.05) is 42.1 Å². The lowest BCUT2D eigenvalue weighted by molar-refractivity contribution is 0.415. The number of aryl methyl sites for hydroxylation is 1. The molecule has 0 saturated heterocycles. The smallest absolute Gasteiger partial charge is 0.0804 e. The van der Waals surface area contributed by atoms with Crippen molar-refractivity contribution in [1.82, 2.24) is 14.9 Å². The van der Waals surface area contributed by atoms with Crippen molar-refractivity contribution >= 4 is 11.5 Å². The van der Waals surface area contributed by atoms with E-state index in [1.165, 1.54) is 46.8 Å². The summed E-state index contributed by atoms with van der Waals surface area (Å²) in [4.78, 5) is 1.27. The molecule has 1 atom stereocenters. The van der Waals surface area contributed by atoms with Gasteiger partial charge in [0.1, 0.15) is 0 Å². The molecule has 20 heavy (non-hydrogen) atoms. The summed E-state index contributed by atoms with van der Waals surface area (Å²) < 4.78 is 4.15. The molecule has 0 aliphatic heterocycles. The van der Waals surface area contributed by atoms with Crippen LogP contribution in [0.25, 0.3) is 0 Å². The van der Waals surface area contributed by atoms with Crippen LogP contribution < -0.4 is 5.32 Å². The number of benzene rings is 1. The Kier molecular flexibility index (Phi) is 4.13. The fraction of sp³-hybridized carbons (Fsp3) is 0.500. The monoisotopic (exact) mass is 287 g/mol. The van der Waals surface area contributed by atoms with E-state index in [0.29, 0.717) is 0 Å². The van der Waals surface area contributed by atoms with Crippen LogP contribution >= 0.6 is 11.5 Å². The number of aromatic nitrogens is 2. The van der Waals surface area contributed by atoms with E-state index in [9.17, 15) is 0 Å². The predicted molar refractivity (Wildman–Crippen MR) is 83.2 cm³/mol. The van der Waals surface area contributed by atoms with Crippen molar-refractivity contribution in [2.75, 3.05) is 7.05 Å². The first kappa shape index (κ1) is 13.7. The van der Waals surface area contributed by atoms with Gasteiger partial charge in [-0.25, -0.2) is 0 Å². The van der Waals surface area contributed by atoms with Crippen LogP contribution in [-0.2, 0) is 6.42 Å². The molecule has 4 heteroatoms. The van der Waals surface area contributed by atoms with Gasteiger partial charge in [-0.3, -0.25) is 0 Å². The van der Waals surface area contributed by atoms with Crippen LogP contribution in [0.4, 0.5) is 0 Å². The molecule has 1 aliphatic rings. The highest BCUT2D eigenvalue weighted by atomic mass is 32.1. The maximum Gasteiger partial charge on any atom is 0.0804 e. The quantitative estimate of drug-likeness (QED) is 0.911. The van der Waals surface area contributed by atoms with E-state index in [1.54, 1.807) is 0 Å². The fourth-order valence-electron chi connectivity index (χ4n) is 2.97. The molecule has 1 aromatic carbocycles. The first-order chi connectivity index (χ1) is 9.85. The summed E-state index contributed by atoms with van der Waals surface area (Å²) in [5.41, 5.74) is 4.03. The Labute approximate surface area is 124 Å². The van der Waals surface area contributed by atoms with Gasteiger partial charge in [0.15, 0.2) is 0 Å². The van der Waals surface area contributed by atoms with Crippen LogP contribution in [0.3, 0.4) is 0 Å². The van der Waals surface area contributed by atoms with Crippen molar-refractivity contribution in [2.24, 2.45) is 0 Å². The Hall–Kier alpha value is -1.26. The molecule has 0 spiro atoms. The van der Waals surface area contributed by atoms with Crippen LogP contribution in [0.5, 0.6) is 0 Å². The summed E-state index contributed by atoms with van der Waals surface area (Å²) in [5, 5.41) is 7.74. The molecule has 0 bridgehead atoms. The normalized spacial score (nSPS) is 16.9. The molecule has 1 unspecified atom stereocenters. The maximum atomic E-state index is 4.27. The van der Waals surface area contributed by atoms with Crippen molar-refractivity contribution in [3.05, 3.63) is 46.0 Å². The summed E-state index contributed by atoms with van der Waals surface area (Å²) in [6.45, 7) is 2.14. The second-order valence-corrected chi connectivity index (χ2v) is 6.20. The van der Waals surface area contributed by atoms with Gasteiger partial charge in [-0.05, 0) is 54.9 Å². The lowest BCUT2D eigenvalue weighted by atomic mass is 9.77. The van der Waals surface area contributed by atoms with E-state index in [2.05, 4.69) is 46.1 Å². The van der Waals surface area contributed by atoms with Crippen LogP contribution in [0.1, 0.15) is 59.8 Å². The maximum absolute atomic E-state index is 4.27. The van der Waals surface area contributed by atoms with Gasteiger partial charge < -0.3 is 5.32 Å². The molecule has 1 saturated carbocycles. The average molecular weight is 287 g/mol. The van der Waals surface area contributed by atoms with E-state index in [4.69, 9.17) is 0 Å². The largest absolute Gasteiger partial charge is 0.309 e. The number of nitrogens with zero attached hydrogens (tertiary/aromatic N) is 2. The first-order valence-electron chi connectivity index (χ1n) is 7.42. The van der Waals surface area contributed by atoms with Gasteiger partial charge in [-0.2, -0.15) is 0 Å². The molecule has 0 radical (unpaired) electrons. The number of nitrogens with one attached hydrogen (secondary N) is 1. The molecule has 1 heterocycles. The molecular weight excluding hydrogens is 266 g/mol. The van der Waals surface area contributed by atoms with Gasteiger partial charge in [0.25, 0.3) is 0 Å². The molecule has 1 N–H and O–H groups in total. The first-order valence-corrected chi connectivity index (χ1v) is 8.19. The standard InChI is InChI=1S/C16H21N3S/c1-3-14-16(20-19-18-14)15(17-2)13-10-5-4-9-12(13)11-7-6-8-11/h4-5,9-11,15,17H,3,6-8H2,1-2H3. The van der Waals surface area contributed by atoms with Gasteiger partial charge in [0.2, 0.25) is 0 Å². The van der Waals surface area contributed by atoms with Crippen LogP contribution in [0.2, 0.25) is 0 Å². The minimum Gasteiger partial charge on any atom is -0.309 e. The molecule has 1 aromatic heterocycles. The zero-order valence-electron chi connectivity index (χ0n) is 12.1. The predicted octanol–water partition coefficient (Wildman–Crippen LogP) is 3.68. The Morgan fingerprint density at radius 3 is 2.80 bits per heavy atom. The Morgan fingerprint density at radius 2 is 2.15 bits per heavy atom. The van der Waals surface area contributed by atoms with Crippen molar-refractivity contribution in [2.45, 2.75) is 44.6 Å². The summed E-state index contributed by atoms with van der Waals surface area (Å²) in [5.74, 6) is 0.744. The van der Waals surface area contributed by atoms with Crippen LogP contribution in [-0.4, -0.2) is 16.6 Å². The van der Waals surface area contributed by atoms with Crippen LogP contribution in [0.15, 0.2) is 24.3 Å². The lowest BCUT2D eigenvalue weighted by Crippen LogP contribution is -2.21. The molecule has 1 aliphatic carbocycles. The highest BCUT2D eigenvalue weighted by Crippen LogP contribution is 2.41. The van der Waals surface area contributed by atoms with Gasteiger partial charge >= 0.3 is 0 Å². The van der Waals surface area contributed by atoms with Gasteiger partial charge in [0, 0.05) is 0 Å². The second kappa shape index (κ2) is 6.02. The number of hydrogen-bond donors (Lipinski definition) is 1. The molecule has 2 aromatic rings. The molecular formula is C16H21N3S. The third-order valence-electron chi connectivity index (χ3n) is 4.32. The van der Waals surface area contributed by atoms with E-state index in [0.717, 1.165) is 18.0 Å². The highest BCUT2D eigenvalue weighted by Gasteiger charge is 2.27. The van der Waals surface area contributed by atoms with Gasteiger partial charge in [0.05, 0.1) is 16.6 Å². The summed E-state index contributed by atoms with van der Waals surface area (Å²) in [7, 11) is 2.03. The highest BCUT2D eigenvalue weighted by molar-refractivity contribution is 7.05. The molecule has 1 fully saturated rings. The molecule has 3 nitrogen and oxygen atoms in total. The molecule has 0 amide bonds. The van der Waals surface area contributed by atoms with Crippen molar-refractivity contribution < 1.29 is 0 Å². The van der Waals surface area contributed by atoms with Gasteiger partial charge in [-0.15, -0.1) is 5.10 Å². The van der Waals surface area contributed by atoms with E-state index in [-0.39, 0.29) is 6.04 Å². The summed E-state index contributed by atoms with van der Waals surface area (Å²) in [6, 6.07) is 9.08. The lowest BCUT2D eigenvalue weighted by Gasteiger charge is -2.30. The van der Waals surface area contributed by atoms with E-state index < -0.39 is 0 Å². The zero-order chi connectivity index (χ0) is 13.9. The van der Waals surface area contributed by atoms with Crippen molar-refractivity contribution in [1.29, 1.82) is 0 Å². The average Bonchev–Trinajstić information content (AvgIpc) is 2.88. The molecule has 3 rings (SSSR count). The summed E-state index contributed by atoms with van der Waals surface area (Å²) >= 11 is 1.52. The zero-order valence-corrected chi connectivity index (χ0v) is 12.9. The third-order valence-corrected chi connectivity index (χ3v) is 5.15. The van der Waals surface area contributed by atoms with E-state index in [1.807, 2.05) is 7.05 Å². The minimum absolute atomic E-state index is 0.224. The Balaban J connectivity index is 2.01. The number of rotatable bonds is 5. The third kappa shape index (κ3) is 2.38. The Morgan fingerprint density at radius 1 is 1.35 bits per heavy atom. The SMILES string of the molecule is CCc1nnsc1C(NC)c1ccccc1C1CCC1. The van der Waals surface area contributed by atoms with Crippen molar-refractivity contribution in [3.63, 3.8) is 0 Å². The Bertz CT molecular complexity index is 575. The second-order valence-electron chi connectivity index (χ2n) is 5.42. The van der Waals surface area contributed by atoms with Crippen molar-refractivity contribution in [3.8, 4) is 0 Å². The molecule has 106 valence electrons. The van der Waals surface area contributed by atoms with Crippen LogP contribution in [0, 0.1) is 0 Å². The topological polar surface area (TPSA) is 37.8 Å². The fourth-order valence-corrected chi connectivity index (χ4v) is 3.84.